The number of rotatable bonds is 9. The van der Waals surface area contributed by atoms with E-state index in [4.69, 9.17) is 9.47 Å². The van der Waals surface area contributed by atoms with Gasteiger partial charge < -0.3 is 24.2 Å². The van der Waals surface area contributed by atoms with E-state index < -0.39 is 0 Å². The summed E-state index contributed by atoms with van der Waals surface area (Å²) < 4.78 is 24.3. The first-order valence-corrected chi connectivity index (χ1v) is 13.9. The Bertz CT molecular complexity index is 1280. The van der Waals surface area contributed by atoms with Crippen LogP contribution < -0.4 is 14.5 Å². The molecule has 3 aromatic rings. The zero-order valence-electron chi connectivity index (χ0n) is 22.9. The van der Waals surface area contributed by atoms with Crippen molar-refractivity contribution in [2.24, 2.45) is 5.92 Å². The highest BCUT2D eigenvalue weighted by atomic mass is 19.1. The molecule has 40 heavy (non-hydrogen) atoms. The summed E-state index contributed by atoms with van der Waals surface area (Å²) in [7, 11) is 1.61. The zero-order valence-corrected chi connectivity index (χ0v) is 22.9. The van der Waals surface area contributed by atoms with E-state index in [1.54, 1.807) is 24.1 Å². The Hall–Kier alpha value is -3.75. The van der Waals surface area contributed by atoms with Crippen molar-refractivity contribution in [3.05, 3.63) is 89.7 Å². The number of hydrogen-bond donors (Lipinski definition) is 0. The molecule has 0 aromatic heterocycles. The molecule has 5 rings (SSSR count). The molecule has 0 atom stereocenters. The number of halogens is 1. The fourth-order valence-corrected chi connectivity index (χ4v) is 5.49. The van der Waals surface area contributed by atoms with Crippen LogP contribution in [0.3, 0.4) is 0 Å². The number of carbonyl (C=O) groups excluding carboxylic acids is 2. The summed E-state index contributed by atoms with van der Waals surface area (Å²) in [6, 6.07) is 21.2. The lowest BCUT2D eigenvalue weighted by Crippen LogP contribution is -2.43. The molecule has 0 unspecified atom stereocenters. The average Bonchev–Trinajstić information content (AvgIpc) is 3.02. The van der Waals surface area contributed by atoms with Crippen LogP contribution in [0.4, 0.5) is 15.8 Å². The Labute approximate surface area is 235 Å². The van der Waals surface area contributed by atoms with Crippen LogP contribution in [0.5, 0.6) is 5.75 Å². The van der Waals surface area contributed by atoms with Gasteiger partial charge in [0.15, 0.2) is 5.78 Å². The molecule has 8 heteroatoms. The first-order valence-electron chi connectivity index (χ1n) is 13.9. The Morgan fingerprint density at radius 1 is 0.900 bits per heavy atom. The maximum Gasteiger partial charge on any atom is 0.258 e. The molecule has 0 spiro atoms. The summed E-state index contributed by atoms with van der Waals surface area (Å²) >= 11 is 0. The normalized spacial score (nSPS) is 16.5. The predicted octanol–water partition coefficient (Wildman–Crippen LogP) is 4.91. The van der Waals surface area contributed by atoms with Crippen LogP contribution in [-0.2, 0) is 4.74 Å². The van der Waals surface area contributed by atoms with Crippen LogP contribution in [0, 0.1) is 11.7 Å². The lowest BCUT2D eigenvalue weighted by atomic mass is 9.89. The van der Waals surface area contributed by atoms with Gasteiger partial charge in [0, 0.05) is 48.9 Å². The van der Waals surface area contributed by atoms with Gasteiger partial charge in [-0.25, -0.2) is 4.39 Å². The van der Waals surface area contributed by atoms with E-state index in [1.807, 2.05) is 48.5 Å². The Balaban J connectivity index is 1.25. The Kier molecular flexibility index (Phi) is 9.08. The smallest absolute Gasteiger partial charge is 0.258 e. The fraction of sp³-hybridized carbons (Fsp3) is 0.375. The van der Waals surface area contributed by atoms with Crippen molar-refractivity contribution in [1.29, 1.82) is 0 Å². The molecule has 2 saturated heterocycles. The van der Waals surface area contributed by atoms with Crippen molar-refractivity contribution in [3.8, 4) is 5.75 Å². The number of amides is 1. The number of nitrogens with zero attached hydrogens (tertiary/aromatic N) is 3. The molecular formula is C32H36FN3O4. The number of Topliss-reactive ketones (excluding diaryl/α,β-unsaturated/α-hetero) is 1. The van der Waals surface area contributed by atoms with Crippen molar-refractivity contribution in [2.45, 2.75) is 12.8 Å². The van der Waals surface area contributed by atoms with E-state index in [2.05, 4.69) is 9.80 Å². The molecule has 0 aliphatic carbocycles. The van der Waals surface area contributed by atoms with E-state index in [0.29, 0.717) is 43.2 Å². The highest BCUT2D eigenvalue weighted by Crippen LogP contribution is 2.30. The maximum atomic E-state index is 13.8. The number of hydrogen-bond acceptors (Lipinski definition) is 6. The third kappa shape index (κ3) is 6.51. The zero-order chi connectivity index (χ0) is 27.9. The quantitative estimate of drug-likeness (QED) is 0.356. The second-order valence-corrected chi connectivity index (χ2v) is 10.3. The van der Waals surface area contributed by atoms with Gasteiger partial charge in [-0.2, -0.15) is 0 Å². The van der Waals surface area contributed by atoms with Crippen molar-refractivity contribution in [1.82, 2.24) is 4.90 Å². The second-order valence-electron chi connectivity index (χ2n) is 10.3. The third-order valence-electron chi connectivity index (χ3n) is 7.84. The van der Waals surface area contributed by atoms with Gasteiger partial charge in [0.1, 0.15) is 11.6 Å². The maximum absolute atomic E-state index is 13.8. The number of para-hydroxylation sites is 2. The fourth-order valence-electron chi connectivity index (χ4n) is 5.49. The number of carbonyl (C=O) groups is 2. The number of piperidine rings is 1. The van der Waals surface area contributed by atoms with Gasteiger partial charge in [-0.1, -0.05) is 12.1 Å². The minimum atomic E-state index is -0.339. The van der Waals surface area contributed by atoms with Gasteiger partial charge >= 0.3 is 0 Å². The minimum Gasteiger partial charge on any atom is -0.495 e. The van der Waals surface area contributed by atoms with Crippen LogP contribution in [0.2, 0.25) is 0 Å². The largest absolute Gasteiger partial charge is 0.495 e. The van der Waals surface area contributed by atoms with Gasteiger partial charge in [-0.15, -0.1) is 0 Å². The molecule has 1 amide bonds. The van der Waals surface area contributed by atoms with Gasteiger partial charge in [0.05, 0.1) is 26.0 Å². The molecule has 2 heterocycles. The van der Waals surface area contributed by atoms with E-state index in [9.17, 15) is 14.0 Å². The molecule has 0 saturated carbocycles. The molecule has 2 aliphatic heterocycles. The van der Waals surface area contributed by atoms with Crippen molar-refractivity contribution in [2.75, 3.05) is 69.4 Å². The molecule has 0 radical (unpaired) electrons. The summed E-state index contributed by atoms with van der Waals surface area (Å²) in [5, 5.41) is 0. The summed E-state index contributed by atoms with van der Waals surface area (Å²) in [4.78, 5) is 33.1. The molecule has 3 aromatic carbocycles. The van der Waals surface area contributed by atoms with Crippen LogP contribution >= 0.6 is 0 Å². The summed E-state index contributed by atoms with van der Waals surface area (Å²) in [6.07, 6.45) is 1.48. The predicted molar refractivity (Wildman–Crippen MR) is 154 cm³/mol. The SMILES string of the molecule is COc1ccccc1N(CCN1CCC(C(=O)c2ccc(F)cc2)CC1)C(=O)c1ccc(N2CCOCC2)cc1. The van der Waals surface area contributed by atoms with Crippen molar-refractivity contribution in [3.63, 3.8) is 0 Å². The molecule has 2 fully saturated rings. The van der Waals surface area contributed by atoms with Crippen LogP contribution in [0.1, 0.15) is 33.6 Å². The number of ketones is 1. The van der Waals surface area contributed by atoms with E-state index >= 15 is 0 Å². The third-order valence-corrected chi connectivity index (χ3v) is 7.84. The molecule has 2 aliphatic rings. The minimum absolute atomic E-state index is 0.0707. The van der Waals surface area contributed by atoms with Crippen molar-refractivity contribution >= 4 is 23.1 Å². The van der Waals surface area contributed by atoms with Crippen LogP contribution in [0.25, 0.3) is 0 Å². The van der Waals surface area contributed by atoms with Crippen LogP contribution in [-0.4, -0.2) is 76.2 Å². The van der Waals surface area contributed by atoms with E-state index in [0.717, 1.165) is 50.4 Å². The molecule has 7 nitrogen and oxygen atoms in total. The average molecular weight is 546 g/mol. The summed E-state index contributed by atoms with van der Waals surface area (Å²) in [5.41, 5.74) is 2.99. The van der Waals surface area contributed by atoms with Gasteiger partial charge in [0.2, 0.25) is 0 Å². The monoisotopic (exact) mass is 545 g/mol. The van der Waals surface area contributed by atoms with E-state index in [1.165, 1.54) is 12.1 Å². The number of benzene rings is 3. The summed E-state index contributed by atoms with van der Waals surface area (Å²) in [5.74, 6) is 0.224. The standard InChI is InChI=1S/C32H36FN3O4/c1-39-30-5-3-2-4-29(30)36(32(38)26-8-12-28(13-9-26)35-20-22-40-23-21-35)19-18-34-16-14-25(15-17-34)31(37)24-6-10-27(33)11-7-24/h2-13,25H,14-23H2,1H3. The van der Waals surface area contributed by atoms with Gasteiger partial charge in [-0.05, 0) is 86.6 Å². The Morgan fingerprint density at radius 3 is 2.23 bits per heavy atom. The number of ether oxygens (including phenoxy) is 2. The highest BCUT2D eigenvalue weighted by Gasteiger charge is 2.27. The molecule has 210 valence electrons. The van der Waals surface area contributed by atoms with Gasteiger partial charge in [0.25, 0.3) is 5.91 Å². The Morgan fingerprint density at radius 2 is 1.55 bits per heavy atom. The number of methoxy groups -OCH3 is 1. The first-order chi connectivity index (χ1) is 19.5. The van der Waals surface area contributed by atoms with Crippen LogP contribution in [0.15, 0.2) is 72.8 Å². The summed E-state index contributed by atoms with van der Waals surface area (Å²) in [6.45, 7) is 5.78. The molecule has 0 bridgehead atoms. The second kappa shape index (κ2) is 13.1. The number of morpholine rings is 1. The molecule has 0 N–H and O–H groups in total. The highest BCUT2D eigenvalue weighted by molar-refractivity contribution is 6.07. The lowest BCUT2D eigenvalue weighted by molar-refractivity contribution is 0.0841. The van der Waals surface area contributed by atoms with Gasteiger partial charge in [-0.3, -0.25) is 9.59 Å². The van der Waals surface area contributed by atoms with Crippen molar-refractivity contribution < 1.29 is 23.5 Å². The number of likely N-dealkylation sites (tertiary alicyclic amines) is 1. The first kappa shape index (κ1) is 27.8. The lowest BCUT2D eigenvalue weighted by Gasteiger charge is -2.33. The number of anilines is 2. The molecular weight excluding hydrogens is 509 g/mol. The topological polar surface area (TPSA) is 62.3 Å². The van der Waals surface area contributed by atoms with E-state index in [-0.39, 0.29) is 23.4 Å².